The molecule has 8 nitrogen and oxygen atoms in total. The first-order valence-corrected chi connectivity index (χ1v) is 6.55. The molecule has 0 aliphatic carbocycles. The zero-order valence-electron chi connectivity index (χ0n) is 12.8. The van der Waals surface area contributed by atoms with Gasteiger partial charge >= 0.3 is 5.97 Å². The summed E-state index contributed by atoms with van der Waals surface area (Å²) in [5.41, 5.74) is 0.777. The minimum absolute atomic E-state index is 0.0479. The molecule has 0 atom stereocenters. The van der Waals surface area contributed by atoms with E-state index in [9.17, 15) is 4.79 Å². The second kappa shape index (κ2) is 6.79. The fraction of sp³-hybridized carbons (Fsp3) is 0.357. The van der Waals surface area contributed by atoms with E-state index in [-0.39, 0.29) is 18.0 Å². The third-order valence-electron chi connectivity index (χ3n) is 2.98. The van der Waals surface area contributed by atoms with E-state index in [1.165, 1.54) is 21.3 Å². The predicted octanol–water partition coefficient (Wildman–Crippen LogP) is 1.67. The minimum Gasteiger partial charge on any atom is -0.496 e. The lowest BCUT2D eigenvalue weighted by Crippen LogP contribution is -2.07. The summed E-state index contributed by atoms with van der Waals surface area (Å²) in [5, 5.41) is 10.3. The van der Waals surface area contributed by atoms with Crippen molar-refractivity contribution >= 4 is 5.97 Å². The monoisotopic (exact) mass is 307 g/mol. The molecule has 1 aromatic heterocycles. The van der Waals surface area contributed by atoms with E-state index in [0.717, 1.165) is 0 Å². The highest BCUT2D eigenvalue weighted by Gasteiger charge is 2.26. The zero-order valence-corrected chi connectivity index (χ0v) is 12.8. The molecule has 8 heteroatoms. The Kier molecular flexibility index (Phi) is 4.82. The van der Waals surface area contributed by atoms with Gasteiger partial charge in [-0.05, 0) is 19.1 Å². The maximum atomic E-state index is 12.0. The van der Waals surface area contributed by atoms with Crippen molar-refractivity contribution < 1.29 is 23.7 Å². The molecule has 118 valence electrons. The smallest absolute Gasteiger partial charge is 0.361 e. The van der Waals surface area contributed by atoms with Crippen LogP contribution in [0.4, 0.5) is 0 Å². The number of hydrogen-bond acceptors (Lipinski definition) is 7. The van der Waals surface area contributed by atoms with Gasteiger partial charge in [0, 0.05) is 0 Å². The van der Waals surface area contributed by atoms with Crippen LogP contribution >= 0.6 is 0 Å². The van der Waals surface area contributed by atoms with Crippen molar-refractivity contribution in [1.29, 1.82) is 0 Å². The Morgan fingerprint density at radius 2 is 1.77 bits per heavy atom. The number of ether oxygens (including phenoxy) is 4. The van der Waals surface area contributed by atoms with E-state index < -0.39 is 5.97 Å². The van der Waals surface area contributed by atoms with Gasteiger partial charge in [0.15, 0.2) is 17.2 Å². The van der Waals surface area contributed by atoms with Crippen LogP contribution in [0.15, 0.2) is 12.1 Å². The van der Waals surface area contributed by atoms with Gasteiger partial charge in [-0.3, -0.25) is 0 Å². The Hall–Kier alpha value is -2.77. The second-order valence-electron chi connectivity index (χ2n) is 4.12. The summed E-state index contributed by atoms with van der Waals surface area (Å²) < 4.78 is 21.0. The molecule has 1 heterocycles. The first-order chi connectivity index (χ1) is 10.7. The molecule has 22 heavy (non-hydrogen) atoms. The Bertz CT molecular complexity index is 668. The number of methoxy groups -OCH3 is 3. The van der Waals surface area contributed by atoms with E-state index in [1.807, 2.05) is 0 Å². The molecular weight excluding hydrogens is 290 g/mol. The quantitative estimate of drug-likeness (QED) is 0.811. The van der Waals surface area contributed by atoms with Gasteiger partial charge in [-0.25, -0.2) is 4.79 Å². The van der Waals surface area contributed by atoms with Crippen LogP contribution in [-0.2, 0) is 4.74 Å². The van der Waals surface area contributed by atoms with Gasteiger partial charge in [-0.2, -0.15) is 10.3 Å². The van der Waals surface area contributed by atoms with Gasteiger partial charge in [0.25, 0.3) is 0 Å². The third kappa shape index (κ3) is 2.67. The van der Waals surface area contributed by atoms with Gasteiger partial charge in [-0.1, -0.05) is 0 Å². The van der Waals surface area contributed by atoms with Crippen LogP contribution in [0.3, 0.4) is 0 Å². The Balaban J connectivity index is 2.66. The number of aromatic nitrogens is 3. The number of nitrogens with zero attached hydrogens (tertiary/aromatic N) is 2. The van der Waals surface area contributed by atoms with Gasteiger partial charge in [-0.15, -0.1) is 5.10 Å². The van der Waals surface area contributed by atoms with Crippen LogP contribution in [0.25, 0.3) is 11.3 Å². The van der Waals surface area contributed by atoms with Gasteiger partial charge in [0.2, 0.25) is 0 Å². The third-order valence-corrected chi connectivity index (χ3v) is 2.98. The molecule has 0 fully saturated rings. The maximum Gasteiger partial charge on any atom is 0.361 e. The topological polar surface area (TPSA) is 95.6 Å². The van der Waals surface area contributed by atoms with Crippen molar-refractivity contribution in [3.63, 3.8) is 0 Å². The molecule has 0 saturated carbocycles. The molecule has 0 unspecified atom stereocenters. The van der Waals surface area contributed by atoms with Crippen molar-refractivity contribution in [2.45, 2.75) is 6.92 Å². The average molecular weight is 307 g/mol. The zero-order chi connectivity index (χ0) is 16.1. The number of benzene rings is 1. The summed E-state index contributed by atoms with van der Waals surface area (Å²) in [6.07, 6.45) is 0. The lowest BCUT2D eigenvalue weighted by atomic mass is 10.1. The Morgan fingerprint density at radius 1 is 1.09 bits per heavy atom. The van der Waals surface area contributed by atoms with Crippen LogP contribution in [-0.4, -0.2) is 49.3 Å². The maximum absolute atomic E-state index is 12.0. The first kappa shape index (κ1) is 15.6. The van der Waals surface area contributed by atoms with Crippen LogP contribution in [0.2, 0.25) is 0 Å². The van der Waals surface area contributed by atoms with Crippen molar-refractivity contribution in [1.82, 2.24) is 15.4 Å². The molecular formula is C14H17N3O5. The summed E-state index contributed by atoms with van der Waals surface area (Å²) >= 11 is 0. The average Bonchev–Trinajstić information content (AvgIpc) is 3.02. The normalized spacial score (nSPS) is 10.2. The molecule has 0 amide bonds. The molecule has 1 aromatic carbocycles. The fourth-order valence-electron chi connectivity index (χ4n) is 2.05. The van der Waals surface area contributed by atoms with Gasteiger partial charge in [0.1, 0.15) is 11.4 Å². The van der Waals surface area contributed by atoms with Crippen molar-refractivity contribution in [3.05, 3.63) is 17.8 Å². The van der Waals surface area contributed by atoms with Crippen LogP contribution in [0, 0.1) is 0 Å². The highest BCUT2D eigenvalue weighted by atomic mass is 16.5. The highest BCUT2D eigenvalue weighted by Crippen LogP contribution is 2.44. The summed E-state index contributed by atoms with van der Waals surface area (Å²) in [6.45, 7) is 1.95. The van der Waals surface area contributed by atoms with Crippen LogP contribution in [0.5, 0.6) is 17.2 Å². The second-order valence-corrected chi connectivity index (χ2v) is 4.12. The van der Waals surface area contributed by atoms with Crippen LogP contribution in [0.1, 0.15) is 17.4 Å². The van der Waals surface area contributed by atoms with E-state index in [0.29, 0.717) is 22.8 Å². The number of esters is 1. The van der Waals surface area contributed by atoms with E-state index >= 15 is 0 Å². The van der Waals surface area contributed by atoms with E-state index in [4.69, 9.17) is 18.9 Å². The minimum atomic E-state index is -0.585. The summed E-state index contributed by atoms with van der Waals surface area (Å²) in [7, 11) is 4.52. The molecule has 0 bridgehead atoms. The van der Waals surface area contributed by atoms with Crippen molar-refractivity contribution in [2.24, 2.45) is 0 Å². The number of carbonyl (C=O) groups excluding carboxylic acids is 1. The number of carbonyl (C=O) groups is 1. The van der Waals surface area contributed by atoms with E-state index in [1.54, 1.807) is 19.1 Å². The number of rotatable bonds is 6. The lowest BCUT2D eigenvalue weighted by Gasteiger charge is -2.15. The Labute approximate surface area is 127 Å². The molecule has 0 aliphatic rings. The SMILES string of the molecule is CCOC(=O)c1n[nH]nc1-c1c(OC)ccc(OC)c1OC. The number of nitrogens with one attached hydrogen (secondary N) is 1. The molecule has 0 radical (unpaired) electrons. The first-order valence-electron chi connectivity index (χ1n) is 6.55. The standard InChI is InChI=1S/C14H17N3O5/c1-5-22-14(18)12-11(15-17-16-12)10-8(19-2)6-7-9(20-3)13(10)21-4/h6-7H,5H2,1-4H3,(H,15,16,17). The molecule has 2 rings (SSSR count). The van der Waals surface area contributed by atoms with Gasteiger partial charge in [0.05, 0.1) is 33.5 Å². The van der Waals surface area contributed by atoms with Crippen molar-refractivity contribution in [2.75, 3.05) is 27.9 Å². The summed E-state index contributed by atoms with van der Waals surface area (Å²) in [6, 6.07) is 3.39. The number of aromatic amines is 1. The fourth-order valence-corrected chi connectivity index (χ4v) is 2.05. The molecule has 1 N–H and O–H groups in total. The highest BCUT2D eigenvalue weighted by molar-refractivity contribution is 5.96. The summed E-state index contributed by atoms with van der Waals surface area (Å²) in [4.78, 5) is 12.0. The van der Waals surface area contributed by atoms with Crippen molar-refractivity contribution in [3.8, 4) is 28.5 Å². The number of H-pyrrole nitrogens is 1. The van der Waals surface area contributed by atoms with E-state index in [2.05, 4.69) is 15.4 Å². The summed E-state index contributed by atoms with van der Waals surface area (Å²) in [5.74, 6) is 0.757. The van der Waals surface area contributed by atoms with Gasteiger partial charge < -0.3 is 18.9 Å². The molecule has 2 aromatic rings. The molecule has 0 aliphatic heterocycles. The Morgan fingerprint density at radius 3 is 2.36 bits per heavy atom. The molecule has 0 spiro atoms. The number of hydrogen-bond donors (Lipinski definition) is 1. The largest absolute Gasteiger partial charge is 0.496 e. The van der Waals surface area contributed by atoms with Crippen LogP contribution < -0.4 is 14.2 Å². The lowest BCUT2D eigenvalue weighted by molar-refractivity contribution is 0.0520. The predicted molar refractivity (Wildman–Crippen MR) is 77.4 cm³/mol. The molecule has 0 saturated heterocycles.